The van der Waals surface area contributed by atoms with Crippen LogP contribution in [0.15, 0.2) is 17.6 Å². The van der Waals surface area contributed by atoms with Gasteiger partial charge in [-0.05, 0) is 46.4 Å². The van der Waals surface area contributed by atoms with E-state index in [-0.39, 0.29) is 24.0 Å². The Kier molecular flexibility index (Phi) is 13.1. The third kappa shape index (κ3) is 10.1. The summed E-state index contributed by atoms with van der Waals surface area (Å²) < 4.78 is 0. The second-order valence-corrected chi connectivity index (χ2v) is 5.28. The Morgan fingerprint density at radius 2 is 2.05 bits per heavy atom. The molecule has 0 radical (unpaired) electrons. The molecule has 0 aromatic rings. The maximum atomic E-state index is 4.58. The topological polar surface area (TPSA) is 42.9 Å². The number of nitrogens with one attached hydrogen (secondary N) is 2. The summed E-state index contributed by atoms with van der Waals surface area (Å²) in [5.41, 5.74) is 0. The van der Waals surface area contributed by atoms with Gasteiger partial charge in [0.1, 0.15) is 0 Å². The van der Waals surface area contributed by atoms with Gasteiger partial charge in [-0.15, -0.1) is 30.6 Å². The van der Waals surface area contributed by atoms with E-state index < -0.39 is 0 Å². The van der Waals surface area contributed by atoms with Crippen LogP contribution in [0.1, 0.15) is 19.8 Å². The smallest absolute Gasteiger partial charge is 0.191 e. The van der Waals surface area contributed by atoms with E-state index in [1.165, 1.54) is 32.6 Å². The molecular weight excluding hydrogens is 377 g/mol. The number of likely N-dealkylation sites (N-methyl/N-ethyl adjacent to an activating group) is 1. The first-order valence-corrected chi connectivity index (χ1v) is 7.80. The first kappa shape index (κ1) is 20.7. The summed E-state index contributed by atoms with van der Waals surface area (Å²) in [6.07, 6.45) is 4.25. The van der Waals surface area contributed by atoms with Gasteiger partial charge in [-0.2, -0.15) is 0 Å². The second-order valence-electron chi connectivity index (χ2n) is 5.28. The molecule has 0 aromatic carbocycles. The number of nitrogens with zero attached hydrogens (tertiary/aromatic N) is 3. The van der Waals surface area contributed by atoms with Gasteiger partial charge in [0.15, 0.2) is 5.96 Å². The maximum absolute atomic E-state index is 4.58. The summed E-state index contributed by atoms with van der Waals surface area (Å²) in [5.74, 6) is 0.892. The van der Waals surface area contributed by atoms with Gasteiger partial charge in [0, 0.05) is 32.7 Å². The van der Waals surface area contributed by atoms with E-state index in [4.69, 9.17) is 0 Å². The van der Waals surface area contributed by atoms with E-state index in [0.29, 0.717) is 0 Å². The third-order valence-electron chi connectivity index (χ3n) is 3.47. The van der Waals surface area contributed by atoms with Gasteiger partial charge in [0.25, 0.3) is 0 Å². The summed E-state index contributed by atoms with van der Waals surface area (Å²) in [6, 6.07) is 0. The average Bonchev–Trinajstić information content (AvgIpc) is 2.65. The Labute approximate surface area is 147 Å². The molecule has 5 nitrogen and oxygen atoms in total. The van der Waals surface area contributed by atoms with Gasteiger partial charge < -0.3 is 20.4 Å². The Balaban J connectivity index is 0.00000400. The van der Waals surface area contributed by atoms with Gasteiger partial charge in [-0.1, -0.05) is 6.08 Å². The summed E-state index contributed by atoms with van der Waals surface area (Å²) in [5, 5.41) is 6.47. The van der Waals surface area contributed by atoms with Crippen molar-refractivity contribution in [3.8, 4) is 0 Å². The number of halogens is 1. The molecule has 0 bridgehead atoms. The fraction of sp³-hybridized carbons (Fsp3) is 0.800. The molecule has 1 saturated heterocycles. The molecule has 1 rings (SSSR count). The highest BCUT2D eigenvalue weighted by atomic mass is 127. The molecule has 0 aromatic heterocycles. The molecule has 6 heteroatoms. The van der Waals surface area contributed by atoms with E-state index >= 15 is 0 Å². The standard InChI is InChI=1S/C15H31N5.HI/c1-4-8-17-15(16-5-2)18-9-6-11-20-12-7-10-19(3)13-14-20;/h4H,1,5-14H2,2-3H3,(H2,16,17,18);1H. The zero-order chi connectivity index (χ0) is 14.6. The molecule has 21 heavy (non-hydrogen) atoms. The van der Waals surface area contributed by atoms with Gasteiger partial charge >= 0.3 is 0 Å². The first-order chi connectivity index (χ1) is 9.76. The summed E-state index contributed by atoms with van der Waals surface area (Å²) in [6.45, 7) is 14.3. The first-order valence-electron chi connectivity index (χ1n) is 7.80. The molecule has 1 fully saturated rings. The number of hydrogen-bond acceptors (Lipinski definition) is 3. The molecule has 0 unspecified atom stereocenters. The van der Waals surface area contributed by atoms with Crippen molar-refractivity contribution in [3.05, 3.63) is 12.7 Å². The van der Waals surface area contributed by atoms with Crippen molar-refractivity contribution in [2.24, 2.45) is 4.99 Å². The van der Waals surface area contributed by atoms with Crippen molar-refractivity contribution in [2.45, 2.75) is 19.8 Å². The van der Waals surface area contributed by atoms with Crippen molar-refractivity contribution < 1.29 is 0 Å². The van der Waals surface area contributed by atoms with E-state index in [9.17, 15) is 0 Å². The fourth-order valence-corrected chi connectivity index (χ4v) is 2.32. The van der Waals surface area contributed by atoms with Gasteiger partial charge in [0.05, 0.1) is 0 Å². The highest BCUT2D eigenvalue weighted by Gasteiger charge is 2.10. The molecule has 124 valence electrons. The predicted molar refractivity (Wildman–Crippen MR) is 103 cm³/mol. The highest BCUT2D eigenvalue weighted by molar-refractivity contribution is 14.0. The van der Waals surface area contributed by atoms with Crippen LogP contribution in [0.5, 0.6) is 0 Å². The quantitative estimate of drug-likeness (QED) is 0.219. The lowest BCUT2D eigenvalue weighted by molar-refractivity contribution is 0.275. The van der Waals surface area contributed by atoms with E-state index in [1.807, 2.05) is 6.08 Å². The van der Waals surface area contributed by atoms with E-state index in [0.717, 1.165) is 38.6 Å². The number of hydrogen-bond donors (Lipinski definition) is 2. The molecule has 0 amide bonds. The van der Waals surface area contributed by atoms with Crippen LogP contribution in [0, 0.1) is 0 Å². The minimum atomic E-state index is 0. The average molecular weight is 409 g/mol. The van der Waals surface area contributed by atoms with Crippen LogP contribution in [0.4, 0.5) is 0 Å². The molecule has 1 aliphatic rings. The Bertz CT molecular complexity index is 296. The number of aliphatic imine (C=N–C) groups is 1. The molecule has 1 heterocycles. The van der Waals surface area contributed by atoms with Crippen LogP contribution >= 0.6 is 24.0 Å². The summed E-state index contributed by atoms with van der Waals surface area (Å²) >= 11 is 0. The zero-order valence-electron chi connectivity index (χ0n) is 13.6. The largest absolute Gasteiger partial charge is 0.357 e. The molecule has 0 saturated carbocycles. The SMILES string of the molecule is C=CCNC(=NCCCN1CCCN(C)CC1)NCC.I. The second kappa shape index (κ2) is 13.3. The molecule has 0 atom stereocenters. The number of guanidine groups is 1. The Hall–Kier alpha value is -0.340. The lowest BCUT2D eigenvalue weighted by Crippen LogP contribution is -2.37. The molecule has 0 spiro atoms. The molecule has 0 aliphatic carbocycles. The lowest BCUT2D eigenvalue weighted by Gasteiger charge is -2.19. The zero-order valence-corrected chi connectivity index (χ0v) is 15.9. The van der Waals surface area contributed by atoms with Crippen LogP contribution in [0.2, 0.25) is 0 Å². The lowest BCUT2D eigenvalue weighted by atomic mass is 10.3. The monoisotopic (exact) mass is 409 g/mol. The summed E-state index contributed by atoms with van der Waals surface area (Å²) in [4.78, 5) is 9.56. The van der Waals surface area contributed by atoms with E-state index in [1.54, 1.807) is 0 Å². The highest BCUT2D eigenvalue weighted by Crippen LogP contribution is 2.01. The van der Waals surface area contributed by atoms with Crippen molar-refractivity contribution in [1.29, 1.82) is 0 Å². The van der Waals surface area contributed by atoms with Crippen molar-refractivity contribution in [2.75, 3.05) is 59.4 Å². The van der Waals surface area contributed by atoms with Crippen molar-refractivity contribution >= 4 is 29.9 Å². The summed E-state index contributed by atoms with van der Waals surface area (Å²) in [7, 11) is 2.21. The number of rotatable bonds is 7. The maximum Gasteiger partial charge on any atom is 0.191 e. The van der Waals surface area contributed by atoms with Crippen LogP contribution in [0.3, 0.4) is 0 Å². The van der Waals surface area contributed by atoms with Crippen molar-refractivity contribution in [3.63, 3.8) is 0 Å². The Morgan fingerprint density at radius 1 is 1.24 bits per heavy atom. The van der Waals surface area contributed by atoms with Gasteiger partial charge in [0.2, 0.25) is 0 Å². The van der Waals surface area contributed by atoms with Gasteiger partial charge in [-0.25, -0.2) is 0 Å². The van der Waals surface area contributed by atoms with Crippen LogP contribution in [-0.4, -0.2) is 75.2 Å². The fourth-order valence-electron chi connectivity index (χ4n) is 2.32. The third-order valence-corrected chi connectivity index (χ3v) is 3.47. The van der Waals surface area contributed by atoms with Gasteiger partial charge in [-0.3, -0.25) is 4.99 Å². The molecule has 2 N–H and O–H groups in total. The van der Waals surface area contributed by atoms with Crippen molar-refractivity contribution in [1.82, 2.24) is 20.4 Å². The minimum absolute atomic E-state index is 0. The van der Waals surface area contributed by atoms with Crippen LogP contribution in [0.25, 0.3) is 0 Å². The van der Waals surface area contributed by atoms with E-state index in [2.05, 4.69) is 46.0 Å². The van der Waals surface area contributed by atoms with Crippen LogP contribution < -0.4 is 10.6 Å². The molecular formula is C15H32IN5. The normalized spacial score (nSPS) is 17.7. The molecule has 1 aliphatic heterocycles. The predicted octanol–water partition coefficient (Wildman–Crippen LogP) is 1.37. The Morgan fingerprint density at radius 3 is 2.76 bits per heavy atom. The van der Waals surface area contributed by atoms with Crippen LogP contribution in [-0.2, 0) is 0 Å². The minimum Gasteiger partial charge on any atom is -0.357 e.